The molecular weight excluding hydrogens is 176 g/mol. The predicted molar refractivity (Wildman–Crippen MR) is 54.5 cm³/mol. The van der Waals surface area contributed by atoms with Crippen LogP contribution < -0.4 is 5.32 Å². The summed E-state index contributed by atoms with van der Waals surface area (Å²) in [5.41, 5.74) is 0.789. The van der Waals surface area contributed by atoms with E-state index in [-0.39, 0.29) is 11.5 Å². The van der Waals surface area contributed by atoms with Crippen molar-refractivity contribution < 1.29 is 4.42 Å². The van der Waals surface area contributed by atoms with Crippen molar-refractivity contribution in [3.05, 3.63) is 24.2 Å². The van der Waals surface area contributed by atoms with E-state index in [1.54, 1.807) is 12.5 Å². The van der Waals surface area contributed by atoms with Gasteiger partial charge in [-0.1, -0.05) is 0 Å². The maximum absolute atomic E-state index is 8.83. The standard InChI is InChI=1S/C11H16N2O/c1-9(10-4-5-14-6-10)13-8-11(2,3)7-12/h4-6,9,13H,8H2,1-3H3. The van der Waals surface area contributed by atoms with Crippen LogP contribution >= 0.6 is 0 Å². The molecule has 0 aromatic carbocycles. The van der Waals surface area contributed by atoms with Crippen molar-refractivity contribution in [3.63, 3.8) is 0 Å². The van der Waals surface area contributed by atoms with Gasteiger partial charge in [0, 0.05) is 18.2 Å². The van der Waals surface area contributed by atoms with Crippen LogP contribution in [0.3, 0.4) is 0 Å². The third-order valence-corrected chi connectivity index (χ3v) is 2.20. The van der Waals surface area contributed by atoms with Gasteiger partial charge in [0.25, 0.3) is 0 Å². The van der Waals surface area contributed by atoms with Crippen LogP contribution in [0, 0.1) is 16.7 Å². The highest BCUT2D eigenvalue weighted by Crippen LogP contribution is 2.16. The Morgan fingerprint density at radius 3 is 2.86 bits per heavy atom. The molecule has 0 spiro atoms. The van der Waals surface area contributed by atoms with E-state index in [2.05, 4.69) is 18.3 Å². The molecule has 1 rings (SSSR count). The zero-order valence-electron chi connectivity index (χ0n) is 8.87. The quantitative estimate of drug-likeness (QED) is 0.797. The highest BCUT2D eigenvalue weighted by molar-refractivity contribution is 5.10. The number of furan rings is 1. The Balaban J connectivity index is 2.44. The highest BCUT2D eigenvalue weighted by Gasteiger charge is 2.17. The summed E-state index contributed by atoms with van der Waals surface area (Å²) in [6, 6.07) is 4.41. The molecule has 1 aromatic heterocycles. The largest absolute Gasteiger partial charge is 0.472 e. The Kier molecular flexibility index (Phi) is 3.32. The van der Waals surface area contributed by atoms with E-state index in [0.717, 1.165) is 5.56 Å². The van der Waals surface area contributed by atoms with E-state index in [9.17, 15) is 0 Å². The smallest absolute Gasteiger partial charge is 0.0950 e. The summed E-state index contributed by atoms with van der Waals surface area (Å²) in [4.78, 5) is 0. The summed E-state index contributed by atoms with van der Waals surface area (Å²) in [5, 5.41) is 12.1. The lowest BCUT2D eigenvalue weighted by Gasteiger charge is -2.19. The molecule has 3 nitrogen and oxygen atoms in total. The molecule has 0 aliphatic carbocycles. The van der Waals surface area contributed by atoms with Crippen LogP contribution in [-0.2, 0) is 0 Å². The highest BCUT2D eigenvalue weighted by atomic mass is 16.3. The minimum absolute atomic E-state index is 0.223. The van der Waals surface area contributed by atoms with Gasteiger partial charge in [-0.3, -0.25) is 0 Å². The summed E-state index contributed by atoms with van der Waals surface area (Å²) >= 11 is 0. The Morgan fingerprint density at radius 2 is 2.36 bits per heavy atom. The summed E-state index contributed by atoms with van der Waals surface area (Å²) in [6.45, 7) is 6.57. The van der Waals surface area contributed by atoms with Crippen molar-refractivity contribution in [2.45, 2.75) is 26.8 Å². The first-order valence-corrected chi connectivity index (χ1v) is 4.72. The van der Waals surface area contributed by atoms with Gasteiger partial charge >= 0.3 is 0 Å². The zero-order chi connectivity index (χ0) is 10.6. The number of hydrogen-bond acceptors (Lipinski definition) is 3. The Hall–Kier alpha value is -1.27. The number of nitrogens with zero attached hydrogens (tertiary/aromatic N) is 1. The minimum Gasteiger partial charge on any atom is -0.472 e. The Bertz CT molecular complexity index is 309. The molecular formula is C11H16N2O. The average molecular weight is 192 g/mol. The van der Waals surface area contributed by atoms with Crippen LogP contribution in [0.2, 0.25) is 0 Å². The van der Waals surface area contributed by atoms with Gasteiger partial charge in [-0.2, -0.15) is 5.26 Å². The van der Waals surface area contributed by atoms with Gasteiger partial charge in [0.05, 0.1) is 24.0 Å². The molecule has 0 saturated carbocycles. The molecule has 1 aromatic rings. The van der Waals surface area contributed by atoms with Gasteiger partial charge in [0.2, 0.25) is 0 Å². The van der Waals surface area contributed by atoms with Crippen molar-refractivity contribution in [1.82, 2.24) is 5.32 Å². The van der Waals surface area contributed by atoms with Gasteiger partial charge in [0.1, 0.15) is 0 Å². The van der Waals surface area contributed by atoms with Crippen LogP contribution in [0.4, 0.5) is 0 Å². The monoisotopic (exact) mass is 192 g/mol. The first kappa shape index (κ1) is 10.8. The van der Waals surface area contributed by atoms with Gasteiger partial charge in [-0.15, -0.1) is 0 Å². The lowest BCUT2D eigenvalue weighted by atomic mass is 9.95. The molecule has 0 aliphatic heterocycles. The second kappa shape index (κ2) is 4.30. The van der Waals surface area contributed by atoms with Gasteiger partial charge < -0.3 is 9.73 Å². The van der Waals surface area contributed by atoms with E-state index >= 15 is 0 Å². The second-order valence-corrected chi connectivity index (χ2v) is 4.15. The summed E-state index contributed by atoms with van der Waals surface area (Å²) < 4.78 is 4.99. The summed E-state index contributed by atoms with van der Waals surface area (Å²) in [5.74, 6) is 0. The molecule has 1 N–H and O–H groups in total. The molecule has 0 aliphatic rings. The van der Waals surface area contributed by atoms with Crippen LogP contribution in [-0.4, -0.2) is 6.54 Å². The van der Waals surface area contributed by atoms with E-state index in [4.69, 9.17) is 9.68 Å². The number of hydrogen-bond donors (Lipinski definition) is 1. The van der Waals surface area contributed by atoms with Crippen LogP contribution in [0.5, 0.6) is 0 Å². The lowest BCUT2D eigenvalue weighted by molar-refractivity contribution is 0.413. The molecule has 3 heteroatoms. The fourth-order valence-corrected chi connectivity index (χ4v) is 1.09. The van der Waals surface area contributed by atoms with E-state index in [0.29, 0.717) is 6.54 Å². The first-order valence-electron chi connectivity index (χ1n) is 4.72. The molecule has 14 heavy (non-hydrogen) atoms. The predicted octanol–water partition coefficient (Wildman–Crippen LogP) is 2.48. The van der Waals surface area contributed by atoms with E-state index < -0.39 is 0 Å². The minimum atomic E-state index is -0.321. The summed E-state index contributed by atoms with van der Waals surface area (Å²) in [6.07, 6.45) is 3.37. The summed E-state index contributed by atoms with van der Waals surface area (Å²) in [7, 11) is 0. The normalized spacial score (nSPS) is 13.6. The molecule has 0 saturated heterocycles. The lowest BCUT2D eigenvalue weighted by Crippen LogP contribution is -2.30. The van der Waals surface area contributed by atoms with Crippen LogP contribution in [0.15, 0.2) is 23.0 Å². The molecule has 0 bridgehead atoms. The average Bonchev–Trinajstić information content (AvgIpc) is 2.67. The molecule has 76 valence electrons. The van der Waals surface area contributed by atoms with Crippen molar-refractivity contribution >= 4 is 0 Å². The van der Waals surface area contributed by atoms with E-state index in [1.807, 2.05) is 19.9 Å². The molecule has 0 amide bonds. The Labute approximate surface area is 84.7 Å². The first-order chi connectivity index (χ1) is 6.55. The second-order valence-electron chi connectivity index (χ2n) is 4.15. The molecule has 1 unspecified atom stereocenters. The van der Waals surface area contributed by atoms with Crippen LogP contribution in [0.25, 0.3) is 0 Å². The molecule has 1 atom stereocenters. The number of nitrogens with one attached hydrogen (secondary N) is 1. The van der Waals surface area contributed by atoms with Gasteiger partial charge in [-0.25, -0.2) is 0 Å². The third kappa shape index (κ3) is 2.90. The van der Waals surface area contributed by atoms with E-state index in [1.165, 1.54) is 0 Å². The topological polar surface area (TPSA) is 49.0 Å². The zero-order valence-corrected chi connectivity index (χ0v) is 8.87. The SMILES string of the molecule is CC(NCC(C)(C)C#N)c1ccoc1. The fourth-order valence-electron chi connectivity index (χ4n) is 1.09. The maximum atomic E-state index is 8.83. The van der Waals surface area contributed by atoms with Crippen molar-refractivity contribution in [2.75, 3.05) is 6.54 Å². The fraction of sp³-hybridized carbons (Fsp3) is 0.545. The molecule has 0 radical (unpaired) electrons. The van der Waals surface area contributed by atoms with Gasteiger partial charge in [-0.05, 0) is 26.8 Å². The third-order valence-electron chi connectivity index (χ3n) is 2.20. The molecule has 1 heterocycles. The maximum Gasteiger partial charge on any atom is 0.0950 e. The Morgan fingerprint density at radius 1 is 1.64 bits per heavy atom. The van der Waals surface area contributed by atoms with Gasteiger partial charge in [0.15, 0.2) is 0 Å². The van der Waals surface area contributed by atoms with Crippen molar-refractivity contribution in [2.24, 2.45) is 5.41 Å². The van der Waals surface area contributed by atoms with Crippen molar-refractivity contribution in [1.29, 1.82) is 5.26 Å². The van der Waals surface area contributed by atoms with Crippen LogP contribution in [0.1, 0.15) is 32.4 Å². The number of nitriles is 1. The number of rotatable bonds is 4. The molecule has 0 fully saturated rings. The van der Waals surface area contributed by atoms with Crippen molar-refractivity contribution in [3.8, 4) is 6.07 Å².